The zero-order valence-corrected chi connectivity index (χ0v) is 8.22. The van der Waals surface area contributed by atoms with E-state index in [1.807, 2.05) is 13.0 Å². The number of rotatable bonds is 6. The molecular weight excluding hydrogens is 152 g/mol. The van der Waals surface area contributed by atoms with Gasteiger partial charge in [0, 0.05) is 7.11 Å². The Balaban J connectivity index is 4.10. The molecule has 0 unspecified atom stereocenters. The second-order valence-corrected chi connectivity index (χ2v) is 2.62. The summed E-state index contributed by atoms with van der Waals surface area (Å²) < 4.78 is 10.2. The van der Waals surface area contributed by atoms with E-state index in [1.54, 1.807) is 14.2 Å². The fraction of sp³-hybridized carbons (Fsp3) is 0.600. The predicted octanol–water partition coefficient (Wildman–Crippen LogP) is 2.52. The van der Waals surface area contributed by atoms with Crippen LogP contribution in [0.2, 0.25) is 0 Å². The third-order valence-corrected chi connectivity index (χ3v) is 1.77. The van der Waals surface area contributed by atoms with Gasteiger partial charge in [-0.2, -0.15) is 0 Å². The Kier molecular flexibility index (Phi) is 6.48. The summed E-state index contributed by atoms with van der Waals surface area (Å²) in [5.74, 6) is 0.957. The Labute approximate surface area is 74.9 Å². The van der Waals surface area contributed by atoms with Crippen LogP contribution in [-0.2, 0) is 9.47 Å². The van der Waals surface area contributed by atoms with Crippen molar-refractivity contribution >= 4 is 0 Å². The lowest BCUT2D eigenvalue weighted by molar-refractivity contribution is 0.210. The first-order valence-electron chi connectivity index (χ1n) is 4.08. The molecule has 0 heterocycles. The van der Waals surface area contributed by atoms with Crippen molar-refractivity contribution in [3.8, 4) is 0 Å². The SMILES string of the molecule is C=CCC/C(COC)=C(\C)OC. The third kappa shape index (κ3) is 4.19. The molecule has 0 aliphatic rings. The van der Waals surface area contributed by atoms with Crippen molar-refractivity contribution in [3.05, 3.63) is 24.0 Å². The lowest BCUT2D eigenvalue weighted by atomic mass is 10.1. The summed E-state index contributed by atoms with van der Waals surface area (Å²) in [4.78, 5) is 0. The molecule has 0 saturated heterocycles. The van der Waals surface area contributed by atoms with Gasteiger partial charge in [-0.05, 0) is 25.3 Å². The van der Waals surface area contributed by atoms with Crippen LogP contribution in [0.1, 0.15) is 19.8 Å². The van der Waals surface area contributed by atoms with Crippen molar-refractivity contribution in [2.75, 3.05) is 20.8 Å². The first-order chi connectivity index (χ1) is 5.76. The Morgan fingerprint density at radius 3 is 2.50 bits per heavy atom. The van der Waals surface area contributed by atoms with Gasteiger partial charge in [0.25, 0.3) is 0 Å². The first kappa shape index (κ1) is 11.2. The monoisotopic (exact) mass is 170 g/mol. The molecule has 0 aliphatic heterocycles. The topological polar surface area (TPSA) is 18.5 Å². The normalized spacial score (nSPS) is 12.2. The van der Waals surface area contributed by atoms with Crippen LogP contribution in [0.5, 0.6) is 0 Å². The maximum atomic E-state index is 5.13. The minimum Gasteiger partial charge on any atom is -0.501 e. The molecule has 0 spiro atoms. The fourth-order valence-electron chi connectivity index (χ4n) is 0.945. The van der Waals surface area contributed by atoms with Gasteiger partial charge in [-0.25, -0.2) is 0 Å². The van der Waals surface area contributed by atoms with E-state index < -0.39 is 0 Å². The third-order valence-electron chi connectivity index (χ3n) is 1.77. The van der Waals surface area contributed by atoms with Crippen LogP contribution in [-0.4, -0.2) is 20.8 Å². The second-order valence-electron chi connectivity index (χ2n) is 2.62. The van der Waals surface area contributed by atoms with Crippen LogP contribution in [0.3, 0.4) is 0 Å². The number of hydrogen-bond donors (Lipinski definition) is 0. The number of allylic oxidation sites excluding steroid dienone is 2. The molecule has 0 amide bonds. The molecular formula is C10H18O2. The molecule has 0 fully saturated rings. The summed E-state index contributed by atoms with van der Waals surface area (Å²) in [5.41, 5.74) is 1.21. The molecule has 0 aromatic rings. The highest BCUT2D eigenvalue weighted by Crippen LogP contribution is 2.12. The van der Waals surface area contributed by atoms with E-state index >= 15 is 0 Å². The van der Waals surface area contributed by atoms with Crippen molar-refractivity contribution in [1.82, 2.24) is 0 Å². The fourth-order valence-corrected chi connectivity index (χ4v) is 0.945. The standard InChI is InChI=1S/C10H18O2/c1-5-6-7-10(8-11-3)9(2)12-4/h5H,1,6-8H2,2-4H3/b10-9-. The summed E-state index contributed by atoms with van der Waals surface area (Å²) in [6.45, 7) is 6.28. The van der Waals surface area contributed by atoms with Gasteiger partial charge in [-0.1, -0.05) is 6.08 Å². The highest BCUT2D eigenvalue weighted by Gasteiger charge is 2.01. The maximum Gasteiger partial charge on any atom is 0.0939 e. The van der Waals surface area contributed by atoms with Crippen molar-refractivity contribution in [2.45, 2.75) is 19.8 Å². The maximum absolute atomic E-state index is 5.13. The van der Waals surface area contributed by atoms with E-state index in [-0.39, 0.29) is 0 Å². The average Bonchev–Trinajstić information content (AvgIpc) is 2.11. The molecule has 0 N–H and O–H groups in total. The van der Waals surface area contributed by atoms with Gasteiger partial charge in [0.2, 0.25) is 0 Å². The first-order valence-corrected chi connectivity index (χ1v) is 4.08. The van der Waals surface area contributed by atoms with E-state index in [0.717, 1.165) is 18.6 Å². The minimum absolute atomic E-state index is 0.646. The van der Waals surface area contributed by atoms with Crippen LogP contribution in [0.15, 0.2) is 24.0 Å². The van der Waals surface area contributed by atoms with Gasteiger partial charge in [0.05, 0.1) is 19.5 Å². The van der Waals surface area contributed by atoms with Gasteiger partial charge in [-0.3, -0.25) is 0 Å². The Bertz CT molecular complexity index is 159. The smallest absolute Gasteiger partial charge is 0.0939 e. The summed E-state index contributed by atoms with van der Waals surface area (Å²) in [6.07, 6.45) is 3.84. The van der Waals surface area contributed by atoms with Gasteiger partial charge in [-0.15, -0.1) is 6.58 Å². The summed E-state index contributed by atoms with van der Waals surface area (Å²) in [7, 11) is 3.37. The van der Waals surface area contributed by atoms with Crippen LogP contribution >= 0.6 is 0 Å². The van der Waals surface area contributed by atoms with Crippen molar-refractivity contribution in [2.24, 2.45) is 0 Å². The minimum atomic E-state index is 0.646. The molecule has 70 valence electrons. The van der Waals surface area contributed by atoms with E-state index in [1.165, 1.54) is 5.57 Å². The summed E-state index contributed by atoms with van der Waals surface area (Å²) in [5, 5.41) is 0. The van der Waals surface area contributed by atoms with E-state index in [0.29, 0.717) is 6.61 Å². The van der Waals surface area contributed by atoms with E-state index in [2.05, 4.69) is 6.58 Å². The molecule has 2 nitrogen and oxygen atoms in total. The van der Waals surface area contributed by atoms with E-state index in [4.69, 9.17) is 9.47 Å². The van der Waals surface area contributed by atoms with Crippen LogP contribution < -0.4 is 0 Å². The van der Waals surface area contributed by atoms with E-state index in [9.17, 15) is 0 Å². The average molecular weight is 170 g/mol. The molecule has 0 rings (SSSR count). The lowest BCUT2D eigenvalue weighted by Crippen LogP contribution is -1.99. The zero-order chi connectivity index (χ0) is 9.40. The molecule has 0 aromatic heterocycles. The molecule has 0 radical (unpaired) electrons. The number of methoxy groups -OCH3 is 2. The van der Waals surface area contributed by atoms with Gasteiger partial charge in [0.15, 0.2) is 0 Å². The molecule has 2 heteroatoms. The predicted molar refractivity (Wildman–Crippen MR) is 51.0 cm³/mol. The zero-order valence-electron chi connectivity index (χ0n) is 8.22. The Morgan fingerprint density at radius 2 is 2.08 bits per heavy atom. The molecule has 0 aliphatic carbocycles. The molecule has 0 aromatic carbocycles. The van der Waals surface area contributed by atoms with Gasteiger partial charge in [0.1, 0.15) is 0 Å². The highest BCUT2D eigenvalue weighted by atomic mass is 16.5. The number of hydrogen-bond acceptors (Lipinski definition) is 2. The van der Waals surface area contributed by atoms with Crippen LogP contribution in [0, 0.1) is 0 Å². The van der Waals surface area contributed by atoms with Crippen molar-refractivity contribution in [3.63, 3.8) is 0 Å². The second kappa shape index (κ2) is 6.92. The largest absolute Gasteiger partial charge is 0.501 e. The number of ether oxygens (including phenoxy) is 2. The Morgan fingerprint density at radius 1 is 1.42 bits per heavy atom. The van der Waals surface area contributed by atoms with Crippen LogP contribution in [0.4, 0.5) is 0 Å². The molecule has 0 atom stereocenters. The summed E-state index contributed by atoms with van der Waals surface area (Å²) in [6, 6.07) is 0. The highest BCUT2D eigenvalue weighted by molar-refractivity contribution is 5.07. The van der Waals surface area contributed by atoms with Gasteiger partial charge < -0.3 is 9.47 Å². The van der Waals surface area contributed by atoms with Crippen molar-refractivity contribution in [1.29, 1.82) is 0 Å². The quantitative estimate of drug-likeness (QED) is 0.450. The van der Waals surface area contributed by atoms with Gasteiger partial charge >= 0.3 is 0 Å². The Hall–Kier alpha value is -0.760. The summed E-state index contributed by atoms with van der Waals surface area (Å²) >= 11 is 0. The van der Waals surface area contributed by atoms with Crippen molar-refractivity contribution < 1.29 is 9.47 Å². The molecule has 0 bridgehead atoms. The molecule has 0 saturated carbocycles. The van der Waals surface area contributed by atoms with Crippen LogP contribution in [0.25, 0.3) is 0 Å². The lowest BCUT2D eigenvalue weighted by Gasteiger charge is -2.09. The molecule has 12 heavy (non-hydrogen) atoms.